The van der Waals surface area contributed by atoms with Gasteiger partial charge in [0.1, 0.15) is 0 Å². The van der Waals surface area contributed by atoms with Crippen molar-refractivity contribution < 1.29 is 13.2 Å². The molecule has 1 unspecified atom stereocenters. The minimum atomic E-state index is -3.39. The summed E-state index contributed by atoms with van der Waals surface area (Å²) in [5.41, 5.74) is 1.45. The number of hydrogen-bond acceptors (Lipinski definition) is 3. The first-order valence-electron chi connectivity index (χ1n) is 8.55. The van der Waals surface area contributed by atoms with Crippen molar-refractivity contribution in [2.24, 2.45) is 0 Å². The predicted molar refractivity (Wildman–Crippen MR) is 110 cm³/mol. The normalized spacial score (nSPS) is 19.8. The zero-order chi connectivity index (χ0) is 19.4. The van der Waals surface area contributed by atoms with Crippen LogP contribution in [0.25, 0.3) is 6.08 Å². The molecular weight excluding hydrogens is 405 g/mol. The van der Waals surface area contributed by atoms with Gasteiger partial charge in [-0.2, -0.15) is 0 Å². The largest absolute Gasteiger partial charge is 0.338 e. The van der Waals surface area contributed by atoms with Crippen molar-refractivity contribution >= 4 is 45.0 Å². The molecule has 4 nitrogen and oxygen atoms in total. The number of sulfone groups is 1. The Labute approximate surface area is 169 Å². The number of carbonyl (C=O) groups excluding carboxylic acids is 1. The second-order valence-electron chi connectivity index (χ2n) is 6.38. The molecule has 0 aliphatic carbocycles. The summed E-state index contributed by atoms with van der Waals surface area (Å²) in [7, 11) is -3.39. The second-order valence-corrected chi connectivity index (χ2v) is 9.52. The molecule has 1 amide bonds. The van der Waals surface area contributed by atoms with Crippen LogP contribution in [0.1, 0.15) is 22.8 Å². The lowest BCUT2D eigenvalue weighted by Gasteiger charge is -2.18. The van der Waals surface area contributed by atoms with E-state index in [9.17, 15) is 13.2 Å². The van der Waals surface area contributed by atoms with E-state index in [-0.39, 0.29) is 18.2 Å². The van der Waals surface area contributed by atoms with Gasteiger partial charge in [-0.05, 0) is 41.8 Å². The van der Waals surface area contributed by atoms with E-state index in [0.717, 1.165) is 5.56 Å². The molecule has 2 aromatic carbocycles. The Morgan fingerprint density at radius 1 is 1.04 bits per heavy atom. The van der Waals surface area contributed by atoms with Gasteiger partial charge in [0.25, 0.3) is 0 Å². The number of hydrogen-bond donors (Lipinski definition) is 0. The van der Waals surface area contributed by atoms with Crippen molar-refractivity contribution in [1.29, 1.82) is 0 Å². The van der Waals surface area contributed by atoms with Gasteiger partial charge in [-0.1, -0.05) is 53.5 Å². The monoisotopic (exact) mass is 423 g/mol. The lowest BCUT2D eigenvalue weighted by Crippen LogP contribution is -2.32. The number of amides is 1. The molecule has 1 saturated heterocycles. The predicted octanol–water partition coefficient (Wildman–Crippen LogP) is 4.40. The maximum absolute atomic E-state index is 12.7. The molecule has 1 heterocycles. The Bertz CT molecular complexity index is 955. The van der Waals surface area contributed by atoms with Crippen molar-refractivity contribution in [2.75, 3.05) is 18.8 Å². The van der Waals surface area contributed by atoms with Gasteiger partial charge in [0, 0.05) is 29.2 Å². The number of benzene rings is 2. The third-order valence-corrected chi connectivity index (χ3v) is 7.30. The average Bonchev–Trinajstić information content (AvgIpc) is 2.80. The second kappa shape index (κ2) is 8.46. The summed E-state index contributed by atoms with van der Waals surface area (Å²) in [5, 5.41) is 0.375. The minimum absolute atomic E-state index is 0.0799. The highest BCUT2D eigenvalue weighted by Gasteiger charge is 2.33. The average molecular weight is 424 g/mol. The van der Waals surface area contributed by atoms with Crippen LogP contribution in [0.15, 0.2) is 54.6 Å². The van der Waals surface area contributed by atoms with Crippen LogP contribution in [0.2, 0.25) is 10.0 Å². The summed E-state index contributed by atoms with van der Waals surface area (Å²) >= 11 is 12.1. The first-order chi connectivity index (χ1) is 12.9. The molecule has 27 heavy (non-hydrogen) atoms. The summed E-state index contributed by atoms with van der Waals surface area (Å²) in [6, 6.07) is 14.1. The van der Waals surface area contributed by atoms with Gasteiger partial charge < -0.3 is 4.90 Å². The SMILES string of the molecule is O=C(/C=C/c1ccc(Cl)cc1)N1CCC(c2ccccc2Cl)S(=O)(=O)CC1. The molecule has 7 heteroatoms. The van der Waals surface area contributed by atoms with Gasteiger partial charge in [0.2, 0.25) is 5.91 Å². The molecule has 0 aromatic heterocycles. The van der Waals surface area contributed by atoms with Crippen molar-refractivity contribution in [3.05, 3.63) is 75.8 Å². The Hall–Kier alpha value is -1.82. The van der Waals surface area contributed by atoms with Gasteiger partial charge >= 0.3 is 0 Å². The summed E-state index contributed by atoms with van der Waals surface area (Å²) in [4.78, 5) is 14.1. The fraction of sp³-hybridized carbons (Fsp3) is 0.250. The lowest BCUT2D eigenvalue weighted by molar-refractivity contribution is -0.125. The number of carbonyl (C=O) groups is 1. The molecular formula is C20H19Cl2NO3S. The maximum Gasteiger partial charge on any atom is 0.246 e. The van der Waals surface area contributed by atoms with Gasteiger partial charge in [-0.25, -0.2) is 8.42 Å². The van der Waals surface area contributed by atoms with Crippen LogP contribution in [0.3, 0.4) is 0 Å². The van der Waals surface area contributed by atoms with E-state index in [1.807, 2.05) is 12.1 Å². The first-order valence-corrected chi connectivity index (χ1v) is 11.0. The molecule has 1 atom stereocenters. The van der Waals surface area contributed by atoms with Crippen LogP contribution in [0.4, 0.5) is 0 Å². The van der Waals surface area contributed by atoms with E-state index in [2.05, 4.69) is 0 Å². The van der Waals surface area contributed by atoms with E-state index < -0.39 is 15.1 Å². The molecule has 1 aliphatic heterocycles. The molecule has 0 radical (unpaired) electrons. The summed E-state index contributed by atoms with van der Waals surface area (Å²) in [5.74, 6) is -0.288. The first kappa shape index (κ1) is 19.9. The molecule has 1 fully saturated rings. The van der Waals surface area contributed by atoms with Crippen LogP contribution in [-0.2, 0) is 14.6 Å². The number of rotatable bonds is 3. The van der Waals surface area contributed by atoms with Crippen molar-refractivity contribution in [2.45, 2.75) is 11.7 Å². The standard InChI is InChI=1S/C20H19Cl2NO3S/c21-16-8-5-15(6-9-16)7-10-20(24)23-12-11-19(27(25,26)14-13-23)17-3-1-2-4-18(17)22/h1-10,19H,11-14H2/b10-7+. The van der Waals surface area contributed by atoms with Crippen LogP contribution in [-0.4, -0.2) is 38.1 Å². The van der Waals surface area contributed by atoms with Gasteiger partial charge in [0.15, 0.2) is 9.84 Å². The van der Waals surface area contributed by atoms with Gasteiger partial charge in [-0.3, -0.25) is 4.79 Å². The number of nitrogens with zero attached hydrogens (tertiary/aromatic N) is 1. The highest BCUT2D eigenvalue weighted by atomic mass is 35.5. The topological polar surface area (TPSA) is 54.5 Å². The van der Waals surface area contributed by atoms with Gasteiger partial charge in [0.05, 0.1) is 11.0 Å². The highest BCUT2D eigenvalue weighted by molar-refractivity contribution is 7.91. The van der Waals surface area contributed by atoms with Gasteiger partial charge in [-0.15, -0.1) is 0 Å². The molecule has 0 bridgehead atoms. The van der Waals surface area contributed by atoms with E-state index in [1.54, 1.807) is 47.4 Å². The molecule has 0 spiro atoms. The molecule has 1 aliphatic rings. The fourth-order valence-corrected chi connectivity index (χ4v) is 5.37. The lowest BCUT2D eigenvalue weighted by atomic mass is 10.1. The highest BCUT2D eigenvalue weighted by Crippen LogP contribution is 2.33. The molecule has 3 rings (SSSR count). The Morgan fingerprint density at radius 2 is 1.74 bits per heavy atom. The zero-order valence-electron chi connectivity index (χ0n) is 14.5. The zero-order valence-corrected chi connectivity index (χ0v) is 16.8. The smallest absolute Gasteiger partial charge is 0.246 e. The van der Waals surface area contributed by atoms with Crippen LogP contribution in [0.5, 0.6) is 0 Å². The minimum Gasteiger partial charge on any atom is -0.338 e. The Balaban J connectivity index is 1.74. The van der Waals surface area contributed by atoms with Crippen LogP contribution in [0, 0.1) is 0 Å². The molecule has 142 valence electrons. The molecule has 0 saturated carbocycles. The quantitative estimate of drug-likeness (QED) is 0.687. The third-order valence-electron chi connectivity index (χ3n) is 4.59. The maximum atomic E-state index is 12.7. The summed E-state index contributed by atoms with van der Waals surface area (Å²) in [6.45, 7) is 0.534. The summed E-state index contributed by atoms with van der Waals surface area (Å²) < 4.78 is 25.4. The molecule has 2 aromatic rings. The van der Waals surface area contributed by atoms with Crippen LogP contribution < -0.4 is 0 Å². The Morgan fingerprint density at radius 3 is 2.44 bits per heavy atom. The van der Waals surface area contributed by atoms with Crippen molar-refractivity contribution in [3.63, 3.8) is 0 Å². The van der Waals surface area contributed by atoms with Crippen LogP contribution >= 0.6 is 23.2 Å². The van der Waals surface area contributed by atoms with E-state index in [1.165, 1.54) is 6.08 Å². The Kier molecular flexibility index (Phi) is 6.25. The fourth-order valence-electron chi connectivity index (χ4n) is 3.10. The molecule has 0 N–H and O–H groups in total. The third kappa shape index (κ3) is 4.92. The van der Waals surface area contributed by atoms with E-state index >= 15 is 0 Å². The van der Waals surface area contributed by atoms with Crippen molar-refractivity contribution in [1.82, 2.24) is 4.90 Å². The van der Waals surface area contributed by atoms with E-state index in [0.29, 0.717) is 28.6 Å². The van der Waals surface area contributed by atoms with E-state index in [4.69, 9.17) is 23.2 Å². The van der Waals surface area contributed by atoms with Crippen molar-refractivity contribution in [3.8, 4) is 0 Å². The number of halogens is 2. The summed E-state index contributed by atoms with van der Waals surface area (Å²) in [6.07, 6.45) is 3.49.